The number of ketones is 1. The molecule has 3 aromatic carbocycles. The number of carbonyl (C=O) groups is 2. The fourth-order valence-electron chi connectivity index (χ4n) is 2.89. The van der Waals surface area contributed by atoms with Crippen molar-refractivity contribution in [1.29, 1.82) is 0 Å². The Bertz CT molecular complexity index is 1110. The molecule has 0 saturated heterocycles. The summed E-state index contributed by atoms with van der Waals surface area (Å²) in [5.41, 5.74) is 2.56. The molecule has 0 amide bonds. The minimum atomic E-state index is -0.625. The highest BCUT2D eigenvalue weighted by molar-refractivity contribution is 6.14. The van der Waals surface area contributed by atoms with Gasteiger partial charge in [-0.2, -0.15) is 0 Å². The van der Waals surface area contributed by atoms with Gasteiger partial charge in [0, 0.05) is 6.07 Å². The van der Waals surface area contributed by atoms with E-state index in [1.165, 1.54) is 36.4 Å². The van der Waals surface area contributed by atoms with Crippen molar-refractivity contribution in [2.45, 2.75) is 6.92 Å². The van der Waals surface area contributed by atoms with Crippen LogP contribution in [0.4, 0.5) is 4.39 Å². The lowest BCUT2D eigenvalue weighted by Crippen LogP contribution is -2.08. The maximum atomic E-state index is 13.0. The molecule has 5 heteroatoms. The van der Waals surface area contributed by atoms with Gasteiger partial charge >= 0.3 is 5.97 Å². The number of carbonyl (C=O) groups excluding carboxylic acids is 2. The third-order valence-electron chi connectivity index (χ3n) is 4.27. The summed E-state index contributed by atoms with van der Waals surface area (Å²) >= 11 is 0. The van der Waals surface area contributed by atoms with Crippen molar-refractivity contribution in [2.75, 3.05) is 0 Å². The van der Waals surface area contributed by atoms with Gasteiger partial charge in [-0.3, -0.25) is 4.79 Å². The van der Waals surface area contributed by atoms with Crippen LogP contribution in [0.15, 0.2) is 72.5 Å². The molecule has 0 radical (unpaired) electrons. The van der Waals surface area contributed by atoms with E-state index in [1.807, 2.05) is 31.2 Å². The summed E-state index contributed by atoms with van der Waals surface area (Å²) in [6.45, 7) is 1.97. The summed E-state index contributed by atoms with van der Waals surface area (Å²) in [5, 5.41) is 0. The topological polar surface area (TPSA) is 52.6 Å². The van der Waals surface area contributed by atoms with Crippen LogP contribution in [-0.2, 0) is 0 Å². The third kappa shape index (κ3) is 3.55. The smallest absolute Gasteiger partial charge is 0.343 e. The monoisotopic (exact) mass is 374 g/mol. The van der Waals surface area contributed by atoms with E-state index in [0.29, 0.717) is 11.3 Å². The van der Waals surface area contributed by atoms with Crippen molar-refractivity contribution in [3.05, 3.63) is 101 Å². The maximum Gasteiger partial charge on any atom is 0.343 e. The molecule has 0 fully saturated rings. The van der Waals surface area contributed by atoms with E-state index in [4.69, 9.17) is 9.47 Å². The van der Waals surface area contributed by atoms with E-state index in [0.717, 1.165) is 11.1 Å². The van der Waals surface area contributed by atoms with Gasteiger partial charge < -0.3 is 9.47 Å². The van der Waals surface area contributed by atoms with Gasteiger partial charge in [0.25, 0.3) is 0 Å². The van der Waals surface area contributed by atoms with Crippen LogP contribution in [-0.4, -0.2) is 11.8 Å². The SMILES string of the molecule is Cc1cccc(C=C2Oc3cc(OC(=O)c4ccc(F)cc4)ccc3C2=O)c1. The van der Waals surface area contributed by atoms with Crippen molar-refractivity contribution in [2.24, 2.45) is 0 Å². The zero-order chi connectivity index (χ0) is 19.7. The van der Waals surface area contributed by atoms with Crippen molar-refractivity contribution in [3.8, 4) is 11.5 Å². The minimum Gasteiger partial charge on any atom is -0.452 e. The second-order valence-corrected chi connectivity index (χ2v) is 6.41. The molecule has 4 nitrogen and oxygen atoms in total. The molecule has 0 N–H and O–H groups in total. The molecular weight excluding hydrogens is 359 g/mol. The molecule has 0 bridgehead atoms. The Labute approximate surface area is 160 Å². The van der Waals surface area contributed by atoms with Crippen LogP contribution >= 0.6 is 0 Å². The lowest BCUT2D eigenvalue weighted by Gasteiger charge is -2.05. The number of aryl methyl sites for hydroxylation is 1. The number of halogens is 1. The fraction of sp³-hybridized carbons (Fsp3) is 0.0435. The van der Waals surface area contributed by atoms with Gasteiger partial charge in [-0.25, -0.2) is 9.18 Å². The number of fused-ring (bicyclic) bond motifs is 1. The second kappa shape index (κ2) is 7.12. The predicted molar refractivity (Wildman–Crippen MR) is 102 cm³/mol. The summed E-state index contributed by atoms with van der Waals surface area (Å²) in [5.74, 6) is -0.518. The highest BCUT2D eigenvalue weighted by Gasteiger charge is 2.28. The van der Waals surface area contributed by atoms with Crippen LogP contribution < -0.4 is 9.47 Å². The summed E-state index contributed by atoms with van der Waals surface area (Å²) < 4.78 is 23.9. The number of ether oxygens (including phenoxy) is 2. The average molecular weight is 374 g/mol. The number of Topliss-reactive ketones (excluding diaryl/α,β-unsaturated/α-hetero) is 1. The van der Waals surface area contributed by atoms with Crippen molar-refractivity contribution >= 4 is 17.8 Å². The minimum absolute atomic E-state index is 0.211. The summed E-state index contributed by atoms with van der Waals surface area (Å²) in [4.78, 5) is 24.7. The Hall–Kier alpha value is -3.73. The number of hydrogen-bond acceptors (Lipinski definition) is 4. The first-order valence-electron chi connectivity index (χ1n) is 8.62. The molecule has 138 valence electrons. The number of rotatable bonds is 3. The first kappa shape index (κ1) is 17.7. The van der Waals surface area contributed by atoms with Crippen molar-refractivity contribution in [1.82, 2.24) is 0 Å². The molecule has 0 unspecified atom stereocenters. The van der Waals surface area contributed by atoms with Crippen LogP contribution in [0.1, 0.15) is 31.8 Å². The quantitative estimate of drug-likeness (QED) is 0.369. The molecule has 28 heavy (non-hydrogen) atoms. The Morgan fingerprint density at radius 3 is 2.57 bits per heavy atom. The van der Waals surface area contributed by atoms with Gasteiger partial charge in [-0.15, -0.1) is 0 Å². The fourth-order valence-corrected chi connectivity index (χ4v) is 2.89. The first-order chi connectivity index (χ1) is 13.5. The average Bonchev–Trinajstić information content (AvgIpc) is 2.97. The third-order valence-corrected chi connectivity index (χ3v) is 4.27. The Morgan fingerprint density at radius 2 is 1.82 bits per heavy atom. The zero-order valence-electron chi connectivity index (χ0n) is 14.9. The van der Waals surface area contributed by atoms with Crippen molar-refractivity contribution < 1.29 is 23.5 Å². The van der Waals surface area contributed by atoms with E-state index < -0.39 is 11.8 Å². The van der Waals surface area contributed by atoms with Gasteiger partial charge in [0.1, 0.15) is 17.3 Å². The normalized spacial score (nSPS) is 13.9. The van der Waals surface area contributed by atoms with Gasteiger partial charge in [0.05, 0.1) is 11.1 Å². The standard InChI is InChI=1S/C23H15FO4/c1-14-3-2-4-15(11-14)12-21-22(25)19-10-9-18(13-20(19)28-21)27-23(26)16-5-7-17(24)8-6-16/h2-13H,1H3. The van der Waals surface area contributed by atoms with E-state index in [-0.39, 0.29) is 22.9 Å². The molecular formula is C23H15FO4. The van der Waals surface area contributed by atoms with Crippen LogP contribution in [0, 0.1) is 12.7 Å². The lowest BCUT2D eigenvalue weighted by atomic mass is 10.1. The number of esters is 1. The summed E-state index contributed by atoms with van der Waals surface area (Å²) in [7, 11) is 0. The second-order valence-electron chi connectivity index (χ2n) is 6.41. The number of hydrogen-bond donors (Lipinski definition) is 0. The Balaban J connectivity index is 1.55. The maximum absolute atomic E-state index is 13.0. The Morgan fingerprint density at radius 1 is 1.04 bits per heavy atom. The molecule has 1 aliphatic rings. The predicted octanol–water partition coefficient (Wildman–Crippen LogP) is 4.97. The molecule has 0 saturated carbocycles. The van der Waals surface area contributed by atoms with Crippen molar-refractivity contribution in [3.63, 3.8) is 0 Å². The molecule has 0 spiro atoms. The highest BCUT2D eigenvalue weighted by Crippen LogP contribution is 2.35. The molecule has 0 aliphatic carbocycles. The molecule has 3 aromatic rings. The highest BCUT2D eigenvalue weighted by atomic mass is 19.1. The molecule has 1 aliphatic heterocycles. The van der Waals surface area contributed by atoms with E-state index in [2.05, 4.69) is 0 Å². The van der Waals surface area contributed by atoms with E-state index >= 15 is 0 Å². The van der Waals surface area contributed by atoms with E-state index in [9.17, 15) is 14.0 Å². The largest absolute Gasteiger partial charge is 0.452 e. The van der Waals surface area contributed by atoms with Gasteiger partial charge in [-0.1, -0.05) is 29.8 Å². The van der Waals surface area contributed by atoms with E-state index in [1.54, 1.807) is 12.1 Å². The summed E-state index contributed by atoms with van der Waals surface area (Å²) in [6.07, 6.45) is 1.68. The Kier molecular flexibility index (Phi) is 4.49. The van der Waals surface area contributed by atoms with Crippen LogP contribution in [0.2, 0.25) is 0 Å². The van der Waals surface area contributed by atoms with Crippen LogP contribution in [0.25, 0.3) is 6.08 Å². The zero-order valence-corrected chi connectivity index (χ0v) is 14.9. The molecule has 0 aromatic heterocycles. The first-order valence-corrected chi connectivity index (χ1v) is 8.62. The molecule has 4 rings (SSSR count). The van der Waals surface area contributed by atoms with Gasteiger partial charge in [-0.05, 0) is 55.0 Å². The van der Waals surface area contributed by atoms with Gasteiger partial charge in [0.15, 0.2) is 5.76 Å². The van der Waals surface area contributed by atoms with Crippen LogP contribution in [0.3, 0.4) is 0 Å². The lowest BCUT2D eigenvalue weighted by molar-refractivity contribution is 0.0734. The number of benzene rings is 3. The molecule has 0 atom stereocenters. The number of allylic oxidation sites excluding steroid dienone is 1. The summed E-state index contributed by atoms with van der Waals surface area (Å²) in [6, 6.07) is 17.3. The van der Waals surface area contributed by atoms with Crippen LogP contribution in [0.5, 0.6) is 11.5 Å². The molecule has 1 heterocycles. The van der Waals surface area contributed by atoms with Gasteiger partial charge in [0.2, 0.25) is 5.78 Å².